The highest BCUT2D eigenvalue weighted by Gasteiger charge is 2.16. The van der Waals surface area contributed by atoms with Gasteiger partial charge in [0.15, 0.2) is 4.34 Å². The van der Waals surface area contributed by atoms with Crippen molar-refractivity contribution < 1.29 is 0 Å². The van der Waals surface area contributed by atoms with Gasteiger partial charge in [-0.1, -0.05) is 13.0 Å². The molecule has 0 bridgehead atoms. The monoisotopic (exact) mass is 319 g/mol. The second kappa shape index (κ2) is 6.13. The van der Waals surface area contributed by atoms with Crippen molar-refractivity contribution in [2.45, 2.75) is 42.1 Å². The van der Waals surface area contributed by atoms with Gasteiger partial charge in [-0.3, -0.25) is 0 Å². The summed E-state index contributed by atoms with van der Waals surface area (Å²) in [7, 11) is 0. The maximum Gasteiger partial charge on any atom is 0.176 e. The van der Waals surface area contributed by atoms with Crippen molar-refractivity contribution in [2.75, 3.05) is 0 Å². The Morgan fingerprint density at radius 2 is 2.24 bits per heavy atom. The number of aryl methyl sites for hydroxylation is 1. The Bertz CT molecular complexity index is 747. The van der Waals surface area contributed by atoms with Crippen LogP contribution in [0.1, 0.15) is 25.4 Å². The van der Waals surface area contributed by atoms with Gasteiger partial charge in [-0.25, -0.2) is 9.97 Å². The maximum atomic E-state index is 5.99. The minimum absolute atomic E-state index is 0.0880. The molecule has 21 heavy (non-hydrogen) atoms. The third-order valence-electron chi connectivity index (χ3n) is 3.06. The molecule has 3 rings (SSSR count). The van der Waals surface area contributed by atoms with Crippen molar-refractivity contribution in [1.82, 2.24) is 18.7 Å². The van der Waals surface area contributed by atoms with E-state index in [2.05, 4.69) is 20.7 Å². The van der Waals surface area contributed by atoms with Crippen LogP contribution in [-0.2, 0) is 12.8 Å². The Hall–Kier alpha value is -1.44. The first-order chi connectivity index (χ1) is 10.2. The van der Waals surface area contributed by atoms with Gasteiger partial charge < -0.3 is 10.1 Å². The molecule has 5 nitrogen and oxygen atoms in total. The summed E-state index contributed by atoms with van der Waals surface area (Å²) in [6.45, 7) is 4.07. The molecular formula is C14H17N5S2. The van der Waals surface area contributed by atoms with Gasteiger partial charge in [0.05, 0.1) is 5.69 Å². The third kappa shape index (κ3) is 3.09. The first-order valence-corrected chi connectivity index (χ1v) is 8.48. The fourth-order valence-corrected chi connectivity index (χ4v) is 3.86. The molecule has 0 saturated carbocycles. The third-order valence-corrected chi connectivity index (χ3v) is 4.87. The van der Waals surface area contributed by atoms with Crippen LogP contribution in [0.25, 0.3) is 5.65 Å². The zero-order valence-electron chi connectivity index (χ0n) is 12.0. The number of nitrogens with two attached hydrogens (primary N) is 1. The number of hydrogen-bond acceptors (Lipinski definition) is 6. The lowest BCUT2D eigenvalue weighted by molar-refractivity contribution is 0.705. The molecule has 0 fully saturated rings. The van der Waals surface area contributed by atoms with Crippen LogP contribution in [0.3, 0.4) is 0 Å². The summed E-state index contributed by atoms with van der Waals surface area (Å²) in [6, 6.07) is 6.09. The number of hydrogen-bond donors (Lipinski definition) is 1. The molecular weight excluding hydrogens is 302 g/mol. The molecule has 3 aromatic rings. The molecule has 110 valence electrons. The summed E-state index contributed by atoms with van der Waals surface area (Å²) in [5.41, 5.74) is 8.07. The molecule has 1 atom stereocenters. The average molecular weight is 319 g/mol. The smallest absolute Gasteiger partial charge is 0.176 e. The van der Waals surface area contributed by atoms with Crippen molar-refractivity contribution in [3.63, 3.8) is 0 Å². The molecule has 1 unspecified atom stereocenters. The van der Waals surface area contributed by atoms with Gasteiger partial charge in [0, 0.05) is 25.1 Å². The molecule has 0 saturated heterocycles. The second-order valence-electron chi connectivity index (χ2n) is 4.91. The highest BCUT2D eigenvalue weighted by atomic mass is 32.2. The molecule has 0 radical (unpaired) electrons. The van der Waals surface area contributed by atoms with Gasteiger partial charge in [0.25, 0.3) is 0 Å². The van der Waals surface area contributed by atoms with Gasteiger partial charge >= 0.3 is 0 Å². The zero-order chi connectivity index (χ0) is 14.8. The van der Waals surface area contributed by atoms with Crippen molar-refractivity contribution >= 4 is 28.9 Å². The summed E-state index contributed by atoms with van der Waals surface area (Å²) in [6.07, 6.45) is 3.67. The van der Waals surface area contributed by atoms with Crippen LogP contribution in [0.4, 0.5) is 0 Å². The van der Waals surface area contributed by atoms with E-state index in [0.717, 1.165) is 39.4 Å². The van der Waals surface area contributed by atoms with E-state index in [9.17, 15) is 0 Å². The van der Waals surface area contributed by atoms with E-state index >= 15 is 0 Å². The van der Waals surface area contributed by atoms with E-state index in [-0.39, 0.29) is 6.04 Å². The highest BCUT2D eigenvalue weighted by molar-refractivity contribution is 8.00. The van der Waals surface area contributed by atoms with Crippen LogP contribution in [0.15, 0.2) is 33.8 Å². The van der Waals surface area contributed by atoms with Gasteiger partial charge in [-0.2, -0.15) is 4.37 Å². The predicted molar refractivity (Wildman–Crippen MR) is 86.0 cm³/mol. The van der Waals surface area contributed by atoms with Crippen LogP contribution >= 0.6 is 23.3 Å². The normalized spacial score (nSPS) is 12.9. The number of fused-ring (bicyclic) bond motifs is 1. The van der Waals surface area contributed by atoms with Crippen LogP contribution < -0.4 is 5.73 Å². The Labute approximate surface area is 131 Å². The van der Waals surface area contributed by atoms with Crippen LogP contribution in [0.5, 0.6) is 0 Å². The van der Waals surface area contributed by atoms with Gasteiger partial charge in [0.2, 0.25) is 0 Å². The lowest BCUT2D eigenvalue weighted by Gasteiger charge is -2.06. The zero-order valence-corrected chi connectivity index (χ0v) is 13.6. The van der Waals surface area contributed by atoms with Crippen LogP contribution in [-0.4, -0.2) is 24.8 Å². The molecule has 0 aromatic carbocycles. The van der Waals surface area contributed by atoms with E-state index in [1.54, 1.807) is 11.8 Å². The molecule has 0 amide bonds. The van der Waals surface area contributed by atoms with Crippen molar-refractivity contribution in [1.29, 1.82) is 0 Å². The number of nitrogens with zero attached hydrogens (tertiary/aromatic N) is 4. The molecule has 0 spiro atoms. The number of pyridine rings is 1. The second-order valence-corrected chi connectivity index (χ2v) is 6.89. The first-order valence-electron chi connectivity index (χ1n) is 6.89. The lowest BCUT2D eigenvalue weighted by atomic mass is 10.2. The van der Waals surface area contributed by atoms with Gasteiger partial charge in [-0.05, 0) is 42.4 Å². The Balaban J connectivity index is 1.99. The van der Waals surface area contributed by atoms with Gasteiger partial charge in [-0.15, -0.1) is 0 Å². The lowest BCUT2D eigenvalue weighted by Crippen LogP contribution is -2.19. The SMILES string of the molecule is CCc1nsc(Sc2nc3ccccn3c2CC(C)N)n1. The van der Waals surface area contributed by atoms with E-state index in [0.29, 0.717) is 0 Å². The number of rotatable bonds is 5. The van der Waals surface area contributed by atoms with Gasteiger partial charge in [0.1, 0.15) is 16.5 Å². The van der Waals surface area contributed by atoms with E-state index in [1.807, 2.05) is 31.3 Å². The minimum atomic E-state index is 0.0880. The standard InChI is InChI=1S/C14H17N5S2/c1-3-11-16-14(21-18-11)20-13-10(8-9(2)15)19-7-5-4-6-12(19)17-13/h4-7,9H,3,8,15H2,1-2H3. The molecule has 0 aliphatic heterocycles. The van der Waals surface area contributed by atoms with Crippen LogP contribution in [0, 0.1) is 0 Å². The Morgan fingerprint density at radius 3 is 2.95 bits per heavy atom. The Kier molecular flexibility index (Phi) is 4.23. The summed E-state index contributed by atoms with van der Waals surface area (Å²) < 4.78 is 7.36. The van der Waals surface area contributed by atoms with E-state index in [4.69, 9.17) is 10.7 Å². The largest absolute Gasteiger partial charge is 0.328 e. The van der Waals surface area contributed by atoms with E-state index < -0.39 is 0 Å². The molecule has 2 N–H and O–H groups in total. The predicted octanol–water partition coefficient (Wildman–Crippen LogP) is 2.79. The molecule has 3 aromatic heterocycles. The summed E-state index contributed by atoms with van der Waals surface area (Å²) in [4.78, 5) is 9.21. The van der Waals surface area contributed by atoms with Crippen molar-refractivity contribution in [3.05, 3.63) is 35.9 Å². The first kappa shape index (κ1) is 14.5. The fourth-order valence-electron chi connectivity index (χ4n) is 2.10. The highest BCUT2D eigenvalue weighted by Crippen LogP contribution is 2.32. The van der Waals surface area contributed by atoms with E-state index in [1.165, 1.54) is 11.5 Å². The maximum absolute atomic E-state index is 5.99. The minimum Gasteiger partial charge on any atom is -0.328 e. The average Bonchev–Trinajstić information content (AvgIpc) is 3.05. The van der Waals surface area contributed by atoms with Crippen molar-refractivity contribution in [3.8, 4) is 0 Å². The summed E-state index contributed by atoms with van der Waals surface area (Å²) >= 11 is 3.00. The molecule has 7 heteroatoms. The fraction of sp³-hybridized carbons (Fsp3) is 0.357. The van der Waals surface area contributed by atoms with Crippen LogP contribution in [0.2, 0.25) is 0 Å². The number of aromatic nitrogens is 4. The quantitative estimate of drug-likeness (QED) is 0.783. The molecule has 0 aliphatic carbocycles. The summed E-state index contributed by atoms with van der Waals surface area (Å²) in [5.74, 6) is 0.889. The summed E-state index contributed by atoms with van der Waals surface area (Å²) in [5, 5.41) is 0.970. The Morgan fingerprint density at radius 1 is 1.38 bits per heavy atom. The number of imidazole rings is 1. The van der Waals surface area contributed by atoms with Crippen molar-refractivity contribution in [2.24, 2.45) is 5.73 Å². The topological polar surface area (TPSA) is 69.1 Å². The molecule has 3 heterocycles. The molecule has 0 aliphatic rings.